The molecule has 120 valence electrons. The van der Waals surface area contributed by atoms with Crippen molar-refractivity contribution in [2.24, 2.45) is 0 Å². The summed E-state index contributed by atoms with van der Waals surface area (Å²) in [5.74, 6) is 0.223. The molecule has 1 N–H and O–H groups in total. The summed E-state index contributed by atoms with van der Waals surface area (Å²) in [6.07, 6.45) is 2.65. The zero-order valence-corrected chi connectivity index (χ0v) is 12.3. The number of benzene rings is 2. The average Bonchev–Trinajstić information content (AvgIpc) is 2.53. The smallest absolute Gasteiger partial charge is 0.387 e. The highest BCUT2D eigenvalue weighted by molar-refractivity contribution is 6.02. The predicted octanol–water partition coefficient (Wildman–Crippen LogP) is 3.95. The second-order valence-electron chi connectivity index (χ2n) is 4.47. The molecule has 1 amide bonds. The van der Waals surface area contributed by atoms with Crippen molar-refractivity contribution in [1.82, 2.24) is 0 Å². The summed E-state index contributed by atoms with van der Waals surface area (Å²) in [6, 6.07) is 13.1. The van der Waals surface area contributed by atoms with E-state index in [1.54, 1.807) is 42.5 Å². The van der Waals surface area contributed by atoms with E-state index in [0.29, 0.717) is 17.0 Å². The van der Waals surface area contributed by atoms with E-state index >= 15 is 0 Å². The van der Waals surface area contributed by atoms with E-state index in [-0.39, 0.29) is 5.75 Å². The molecule has 0 aliphatic rings. The first-order chi connectivity index (χ1) is 11.1. The van der Waals surface area contributed by atoms with E-state index in [2.05, 4.69) is 10.1 Å². The fraction of sp³-hybridized carbons (Fsp3) is 0.118. The van der Waals surface area contributed by atoms with Gasteiger partial charge in [0, 0.05) is 23.4 Å². The topological polar surface area (TPSA) is 47.6 Å². The molecule has 0 atom stereocenters. The number of amides is 1. The lowest BCUT2D eigenvalue weighted by Crippen LogP contribution is -2.08. The molecular weight excluding hydrogens is 304 g/mol. The average molecular weight is 319 g/mol. The van der Waals surface area contributed by atoms with E-state index in [1.165, 1.54) is 25.3 Å². The van der Waals surface area contributed by atoms with Gasteiger partial charge in [0.2, 0.25) is 5.91 Å². The van der Waals surface area contributed by atoms with Crippen molar-refractivity contribution in [3.63, 3.8) is 0 Å². The van der Waals surface area contributed by atoms with Gasteiger partial charge in [-0.25, -0.2) is 0 Å². The molecule has 0 fully saturated rings. The van der Waals surface area contributed by atoms with Gasteiger partial charge in [0.1, 0.15) is 11.5 Å². The number of hydrogen-bond acceptors (Lipinski definition) is 3. The number of alkyl halides is 2. The number of hydrogen-bond donors (Lipinski definition) is 1. The Bertz CT molecular complexity index is 702. The fourth-order valence-corrected chi connectivity index (χ4v) is 1.87. The molecular formula is C17H15F2NO3. The van der Waals surface area contributed by atoms with Crippen LogP contribution in [0.4, 0.5) is 14.5 Å². The van der Waals surface area contributed by atoms with Crippen LogP contribution in [0.15, 0.2) is 54.6 Å². The predicted molar refractivity (Wildman–Crippen MR) is 83.7 cm³/mol. The zero-order valence-electron chi connectivity index (χ0n) is 12.3. The Morgan fingerprint density at radius 1 is 1.17 bits per heavy atom. The molecule has 6 heteroatoms. The van der Waals surface area contributed by atoms with Crippen LogP contribution < -0.4 is 14.8 Å². The van der Waals surface area contributed by atoms with Crippen LogP contribution in [0.1, 0.15) is 5.56 Å². The SMILES string of the molecule is COc1cccc(NC(=O)C=Cc2ccccc2OC(F)F)c1. The second-order valence-corrected chi connectivity index (χ2v) is 4.47. The summed E-state index contributed by atoms with van der Waals surface area (Å²) in [5, 5.41) is 2.65. The summed E-state index contributed by atoms with van der Waals surface area (Å²) in [4.78, 5) is 11.9. The minimum absolute atomic E-state index is 0.00734. The van der Waals surface area contributed by atoms with Gasteiger partial charge in [0.25, 0.3) is 0 Å². The Hall–Kier alpha value is -2.89. The van der Waals surface area contributed by atoms with Crippen molar-refractivity contribution >= 4 is 17.7 Å². The summed E-state index contributed by atoms with van der Waals surface area (Å²) in [6.45, 7) is -2.92. The molecule has 0 spiro atoms. The minimum Gasteiger partial charge on any atom is -0.497 e. The summed E-state index contributed by atoms with van der Waals surface area (Å²) >= 11 is 0. The van der Waals surface area contributed by atoms with Crippen molar-refractivity contribution in [3.05, 3.63) is 60.2 Å². The third-order valence-corrected chi connectivity index (χ3v) is 2.89. The molecule has 0 saturated heterocycles. The maximum Gasteiger partial charge on any atom is 0.387 e. The molecule has 0 aliphatic heterocycles. The Morgan fingerprint density at radius 2 is 1.96 bits per heavy atom. The van der Waals surface area contributed by atoms with Gasteiger partial charge < -0.3 is 14.8 Å². The van der Waals surface area contributed by atoms with Crippen LogP contribution in [0.25, 0.3) is 6.08 Å². The lowest BCUT2D eigenvalue weighted by atomic mass is 10.2. The van der Waals surface area contributed by atoms with Crippen LogP contribution in [-0.4, -0.2) is 19.6 Å². The van der Waals surface area contributed by atoms with E-state index in [9.17, 15) is 13.6 Å². The van der Waals surface area contributed by atoms with Crippen LogP contribution >= 0.6 is 0 Å². The van der Waals surface area contributed by atoms with Gasteiger partial charge in [-0.1, -0.05) is 24.3 Å². The number of para-hydroxylation sites is 1. The van der Waals surface area contributed by atoms with E-state index in [0.717, 1.165) is 0 Å². The van der Waals surface area contributed by atoms with Gasteiger partial charge >= 0.3 is 6.61 Å². The number of methoxy groups -OCH3 is 1. The normalized spacial score (nSPS) is 10.8. The van der Waals surface area contributed by atoms with Crippen LogP contribution in [0.5, 0.6) is 11.5 Å². The number of anilines is 1. The maximum absolute atomic E-state index is 12.3. The lowest BCUT2D eigenvalue weighted by molar-refractivity contribution is -0.111. The molecule has 0 aliphatic carbocycles. The van der Waals surface area contributed by atoms with E-state index in [1.807, 2.05) is 0 Å². The number of nitrogens with one attached hydrogen (secondary N) is 1. The molecule has 2 aromatic carbocycles. The van der Waals surface area contributed by atoms with Crippen LogP contribution in [0, 0.1) is 0 Å². The lowest BCUT2D eigenvalue weighted by Gasteiger charge is -2.07. The molecule has 0 saturated carbocycles. The number of carbonyl (C=O) groups is 1. The summed E-state index contributed by atoms with van der Waals surface area (Å²) in [5.41, 5.74) is 0.949. The Labute approximate surface area is 132 Å². The highest BCUT2D eigenvalue weighted by atomic mass is 19.3. The van der Waals surface area contributed by atoms with Gasteiger partial charge in [0.15, 0.2) is 0 Å². The number of carbonyl (C=O) groups excluding carboxylic acids is 1. The third-order valence-electron chi connectivity index (χ3n) is 2.89. The minimum atomic E-state index is -2.92. The van der Waals surface area contributed by atoms with Crippen molar-refractivity contribution < 1.29 is 23.0 Å². The quantitative estimate of drug-likeness (QED) is 0.820. The Kier molecular flexibility index (Phi) is 5.68. The first kappa shape index (κ1) is 16.5. The highest BCUT2D eigenvalue weighted by Crippen LogP contribution is 2.22. The Balaban J connectivity index is 2.06. The van der Waals surface area contributed by atoms with Crippen LogP contribution in [0.3, 0.4) is 0 Å². The third kappa shape index (κ3) is 5.10. The standard InChI is InChI=1S/C17H15F2NO3/c1-22-14-7-4-6-13(11-14)20-16(21)10-9-12-5-2-3-8-15(12)23-17(18)19/h2-11,17H,1H3,(H,20,21). The molecule has 0 radical (unpaired) electrons. The molecule has 0 unspecified atom stereocenters. The number of halogens is 2. The molecule has 0 heterocycles. The van der Waals surface area contributed by atoms with Gasteiger partial charge in [-0.05, 0) is 24.3 Å². The maximum atomic E-state index is 12.3. The number of ether oxygens (including phenoxy) is 2. The molecule has 0 aromatic heterocycles. The van der Waals surface area contributed by atoms with Gasteiger partial charge in [0.05, 0.1) is 7.11 Å². The highest BCUT2D eigenvalue weighted by Gasteiger charge is 2.07. The number of rotatable bonds is 6. The zero-order chi connectivity index (χ0) is 16.7. The van der Waals surface area contributed by atoms with Crippen molar-refractivity contribution in [3.8, 4) is 11.5 Å². The summed E-state index contributed by atoms with van der Waals surface area (Å²) < 4.78 is 34.1. The van der Waals surface area contributed by atoms with Crippen LogP contribution in [0.2, 0.25) is 0 Å². The van der Waals surface area contributed by atoms with Crippen LogP contribution in [-0.2, 0) is 4.79 Å². The van der Waals surface area contributed by atoms with E-state index in [4.69, 9.17) is 4.74 Å². The molecule has 23 heavy (non-hydrogen) atoms. The van der Waals surface area contributed by atoms with Crippen molar-refractivity contribution in [2.45, 2.75) is 6.61 Å². The molecule has 2 aromatic rings. The van der Waals surface area contributed by atoms with Crippen molar-refractivity contribution in [1.29, 1.82) is 0 Å². The first-order valence-corrected chi connectivity index (χ1v) is 6.75. The Morgan fingerprint density at radius 3 is 2.70 bits per heavy atom. The second kappa shape index (κ2) is 7.93. The molecule has 0 bridgehead atoms. The van der Waals surface area contributed by atoms with Gasteiger partial charge in [-0.2, -0.15) is 8.78 Å². The summed E-state index contributed by atoms with van der Waals surface area (Å²) in [7, 11) is 1.53. The van der Waals surface area contributed by atoms with Gasteiger partial charge in [-0.3, -0.25) is 4.79 Å². The van der Waals surface area contributed by atoms with E-state index < -0.39 is 12.5 Å². The fourth-order valence-electron chi connectivity index (χ4n) is 1.87. The molecule has 2 rings (SSSR count). The monoisotopic (exact) mass is 319 g/mol. The first-order valence-electron chi connectivity index (χ1n) is 6.75. The van der Waals surface area contributed by atoms with Crippen molar-refractivity contribution in [2.75, 3.05) is 12.4 Å². The molecule has 4 nitrogen and oxygen atoms in total. The van der Waals surface area contributed by atoms with Gasteiger partial charge in [-0.15, -0.1) is 0 Å². The largest absolute Gasteiger partial charge is 0.497 e.